The van der Waals surface area contributed by atoms with E-state index in [1.165, 1.54) is 6.42 Å². The predicted molar refractivity (Wildman–Crippen MR) is 103 cm³/mol. The minimum absolute atomic E-state index is 0.0560. The summed E-state index contributed by atoms with van der Waals surface area (Å²) in [6.45, 7) is 2.52. The lowest BCUT2D eigenvalue weighted by atomic mass is 9.66. The minimum atomic E-state index is 0.0560. The van der Waals surface area contributed by atoms with E-state index in [0.29, 0.717) is 17.5 Å². The predicted octanol–water partition coefficient (Wildman–Crippen LogP) is 2.94. The fourth-order valence-electron chi connectivity index (χ4n) is 3.68. The number of rotatable bonds is 5. The first-order valence-electron chi connectivity index (χ1n) is 9.42. The van der Waals surface area contributed by atoms with Crippen LogP contribution in [0.5, 0.6) is 5.88 Å². The molecule has 0 radical (unpaired) electrons. The Bertz CT molecular complexity index is 1130. The van der Waals surface area contributed by atoms with Gasteiger partial charge in [-0.3, -0.25) is 4.68 Å². The number of ether oxygens (including phenoxy) is 1. The van der Waals surface area contributed by atoms with Crippen molar-refractivity contribution in [2.45, 2.75) is 38.2 Å². The van der Waals surface area contributed by atoms with Crippen LogP contribution >= 0.6 is 0 Å². The molecule has 0 spiro atoms. The maximum Gasteiger partial charge on any atom is 0.236 e. The molecule has 3 aromatic heterocycles. The van der Waals surface area contributed by atoms with Crippen molar-refractivity contribution < 1.29 is 4.74 Å². The van der Waals surface area contributed by atoms with E-state index >= 15 is 0 Å². The van der Waals surface area contributed by atoms with E-state index in [1.807, 2.05) is 37.4 Å². The molecule has 8 heteroatoms. The average molecular weight is 375 g/mol. The van der Waals surface area contributed by atoms with Crippen molar-refractivity contribution in [2.24, 2.45) is 7.05 Å². The van der Waals surface area contributed by atoms with E-state index in [1.54, 1.807) is 15.5 Å². The zero-order valence-electron chi connectivity index (χ0n) is 15.9. The zero-order chi connectivity index (χ0) is 19.1. The number of aromatic nitrogens is 7. The third-order valence-electron chi connectivity index (χ3n) is 5.48. The average Bonchev–Trinajstić information content (AvgIpc) is 3.30. The van der Waals surface area contributed by atoms with Gasteiger partial charge in [-0.15, -0.1) is 15.3 Å². The van der Waals surface area contributed by atoms with Crippen LogP contribution in [-0.2, 0) is 19.1 Å². The highest BCUT2D eigenvalue weighted by Gasteiger charge is 2.37. The lowest BCUT2D eigenvalue weighted by molar-refractivity contribution is 0.233. The third kappa shape index (κ3) is 2.81. The Morgan fingerprint density at radius 3 is 2.61 bits per heavy atom. The van der Waals surface area contributed by atoms with Crippen LogP contribution in [0.2, 0.25) is 0 Å². The molecule has 1 aliphatic rings. The molecular formula is C20H21N7O. The van der Waals surface area contributed by atoms with E-state index in [0.717, 1.165) is 29.6 Å². The van der Waals surface area contributed by atoms with Gasteiger partial charge in [0.1, 0.15) is 6.33 Å². The smallest absolute Gasteiger partial charge is 0.236 e. The quantitative estimate of drug-likeness (QED) is 0.533. The van der Waals surface area contributed by atoms with Gasteiger partial charge in [-0.05, 0) is 24.3 Å². The van der Waals surface area contributed by atoms with Gasteiger partial charge in [0.15, 0.2) is 23.9 Å². The summed E-state index contributed by atoms with van der Waals surface area (Å²) >= 11 is 0. The van der Waals surface area contributed by atoms with E-state index in [2.05, 4.69) is 33.3 Å². The zero-order valence-corrected chi connectivity index (χ0v) is 15.9. The first-order chi connectivity index (χ1) is 13.6. The fourth-order valence-corrected chi connectivity index (χ4v) is 3.68. The first-order valence-corrected chi connectivity index (χ1v) is 9.42. The molecule has 0 unspecified atom stereocenters. The van der Waals surface area contributed by atoms with E-state index < -0.39 is 0 Å². The molecule has 1 aliphatic carbocycles. The highest BCUT2D eigenvalue weighted by Crippen LogP contribution is 2.46. The number of benzene rings is 1. The maximum absolute atomic E-state index is 6.10. The van der Waals surface area contributed by atoms with Crippen molar-refractivity contribution in [1.82, 2.24) is 34.6 Å². The topological polar surface area (TPSA) is 83.0 Å². The molecule has 1 fully saturated rings. The number of hydrogen-bond acceptors (Lipinski definition) is 6. The van der Waals surface area contributed by atoms with Crippen LogP contribution in [0.25, 0.3) is 17.0 Å². The molecule has 8 nitrogen and oxygen atoms in total. The van der Waals surface area contributed by atoms with Gasteiger partial charge >= 0.3 is 0 Å². The molecule has 3 heterocycles. The molecule has 0 amide bonds. The van der Waals surface area contributed by atoms with E-state index in [9.17, 15) is 0 Å². The molecule has 0 aliphatic heterocycles. The molecule has 1 saturated carbocycles. The van der Waals surface area contributed by atoms with Gasteiger partial charge in [-0.1, -0.05) is 43.7 Å². The molecule has 0 N–H and O–H groups in total. The van der Waals surface area contributed by atoms with E-state index in [4.69, 9.17) is 9.84 Å². The summed E-state index contributed by atoms with van der Waals surface area (Å²) in [6, 6.07) is 12.0. The lowest BCUT2D eigenvalue weighted by Crippen LogP contribution is -2.31. The lowest BCUT2D eigenvalue weighted by Gasteiger charge is -2.39. The van der Waals surface area contributed by atoms with Crippen molar-refractivity contribution in [3.05, 3.63) is 54.1 Å². The Kier molecular flexibility index (Phi) is 3.85. The Labute approximate surface area is 162 Å². The molecule has 1 aromatic carbocycles. The van der Waals surface area contributed by atoms with Crippen molar-refractivity contribution in [3.63, 3.8) is 0 Å². The van der Waals surface area contributed by atoms with Crippen LogP contribution in [-0.4, -0.2) is 34.6 Å². The van der Waals surface area contributed by atoms with Crippen molar-refractivity contribution in [2.75, 3.05) is 0 Å². The summed E-state index contributed by atoms with van der Waals surface area (Å²) in [5, 5.41) is 17.8. The summed E-state index contributed by atoms with van der Waals surface area (Å²) in [7, 11) is 1.84. The molecule has 28 heavy (non-hydrogen) atoms. The highest BCUT2D eigenvalue weighted by atomic mass is 16.5. The number of hydrogen-bond donors (Lipinski definition) is 0. The van der Waals surface area contributed by atoms with Gasteiger partial charge in [0, 0.05) is 18.2 Å². The summed E-state index contributed by atoms with van der Waals surface area (Å²) in [4.78, 5) is 4.24. The maximum atomic E-state index is 6.10. The Morgan fingerprint density at radius 2 is 1.93 bits per heavy atom. The Hall–Kier alpha value is -3.29. The fraction of sp³-hybridized carbons (Fsp3) is 0.350. The summed E-state index contributed by atoms with van der Waals surface area (Å²) in [6.07, 6.45) is 5.10. The Morgan fingerprint density at radius 1 is 1.11 bits per heavy atom. The van der Waals surface area contributed by atoms with Crippen LogP contribution in [0.1, 0.15) is 37.6 Å². The van der Waals surface area contributed by atoms with Crippen LogP contribution in [0.15, 0.2) is 42.7 Å². The first kappa shape index (κ1) is 16.9. The molecular weight excluding hydrogens is 354 g/mol. The Balaban J connectivity index is 1.59. The van der Waals surface area contributed by atoms with Crippen molar-refractivity contribution >= 4 is 5.65 Å². The molecule has 5 rings (SSSR count). The second-order valence-corrected chi connectivity index (χ2v) is 7.56. The third-order valence-corrected chi connectivity index (χ3v) is 5.48. The minimum Gasteiger partial charge on any atom is -0.468 e. The standard InChI is InChI=1S/C20H21N7O/c1-20(9-6-10-20)15-11-17-22-23-18(14-7-4-3-5-8-14)27(17)25-19(15)28-12-16-21-13-26(2)24-16/h3-5,7-8,11,13H,6,9-10,12H2,1-2H3. The van der Waals surface area contributed by atoms with Crippen LogP contribution in [0.3, 0.4) is 0 Å². The SMILES string of the molecule is Cn1cnc(COc2nn3c(-c4ccccc4)nnc3cc2C2(C)CCC2)n1. The summed E-state index contributed by atoms with van der Waals surface area (Å²) < 4.78 is 9.52. The summed E-state index contributed by atoms with van der Waals surface area (Å²) in [5.74, 6) is 1.92. The molecule has 4 aromatic rings. The second-order valence-electron chi connectivity index (χ2n) is 7.56. The highest BCUT2D eigenvalue weighted by molar-refractivity contribution is 5.60. The van der Waals surface area contributed by atoms with Gasteiger partial charge in [-0.2, -0.15) is 9.61 Å². The van der Waals surface area contributed by atoms with Gasteiger partial charge in [-0.25, -0.2) is 4.98 Å². The van der Waals surface area contributed by atoms with E-state index in [-0.39, 0.29) is 12.0 Å². The monoisotopic (exact) mass is 375 g/mol. The normalized spacial score (nSPS) is 15.5. The van der Waals surface area contributed by atoms with Gasteiger partial charge < -0.3 is 4.74 Å². The van der Waals surface area contributed by atoms with Crippen LogP contribution < -0.4 is 4.74 Å². The van der Waals surface area contributed by atoms with Gasteiger partial charge in [0.25, 0.3) is 0 Å². The number of nitrogens with zero attached hydrogens (tertiary/aromatic N) is 7. The summed E-state index contributed by atoms with van der Waals surface area (Å²) in [5.41, 5.74) is 2.82. The largest absolute Gasteiger partial charge is 0.468 e. The van der Waals surface area contributed by atoms with Crippen LogP contribution in [0, 0.1) is 0 Å². The molecule has 0 atom stereocenters. The van der Waals surface area contributed by atoms with Gasteiger partial charge in [0.05, 0.1) is 0 Å². The van der Waals surface area contributed by atoms with Crippen LogP contribution in [0.4, 0.5) is 0 Å². The van der Waals surface area contributed by atoms with Crippen molar-refractivity contribution in [1.29, 1.82) is 0 Å². The second kappa shape index (κ2) is 6.40. The molecule has 0 saturated heterocycles. The molecule has 0 bridgehead atoms. The van der Waals surface area contributed by atoms with Crippen molar-refractivity contribution in [3.8, 4) is 17.3 Å². The molecule has 142 valence electrons. The van der Waals surface area contributed by atoms with Gasteiger partial charge in [0.2, 0.25) is 5.88 Å². The number of fused-ring (bicyclic) bond motifs is 1. The number of aryl methyl sites for hydroxylation is 1.